The highest BCUT2D eigenvalue weighted by atomic mass is 13.8. The molecule has 0 heterocycles. The lowest BCUT2D eigenvalue weighted by molar-refractivity contribution is 0.702. The van der Waals surface area contributed by atoms with E-state index in [-0.39, 0.29) is 0 Å². The van der Waals surface area contributed by atoms with Crippen LogP contribution in [-0.4, -0.2) is 0 Å². The molecule has 0 unspecified atom stereocenters. The van der Waals surface area contributed by atoms with Gasteiger partial charge in [-0.15, -0.1) is 0 Å². The van der Waals surface area contributed by atoms with Gasteiger partial charge in [0.1, 0.15) is 0 Å². The normalized spacial score (nSPS) is 5.70. The highest BCUT2D eigenvalue weighted by Crippen LogP contribution is 1.95. The van der Waals surface area contributed by atoms with E-state index < -0.39 is 0 Å². The van der Waals surface area contributed by atoms with Crippen LogP contribution in [0.15, 0.2) is 0 Å². The lowest BCUT2D eigenvalue weighted by Gasteiger charge is -1.86. The van der Waals surface area contributed by atoms with Gasteiger partial charge < -0.3 is 0 Å². The molecule has 20 heavy (non-hydrogen) atoms. The van der Waals surface area contributed by atoms with Crippen molar-refractivity contribution >= 4 is 0 Å². The van der Waals surface area contributed by atoms with Crippen molar-refractivity contribution in [2.75, 3.05) is 0 Å². The second-order valence-electron chi connectivity index (χ2n) is 3.12. The minimum atomic E-state index is 1.25. The molecule has 134 valence electrons. The zero-order valence-electron chi connectivity index (χ0n) is 18.2. The predicted octanol–water partition coefficient (Wildman–Crippen LogP) is 9.52. The van der Waals surface area contributed by atoms with Gasteiger partial charge in [-0.2, -0.15) is 0 Å². The molecule has 0 saturated carbocycles. The molecule has 0 aliphatic carbocycles. The Labute approximate surface area is 136 Å². The first-order valence-corrected chi connectivity index (χ1v) is 9.74. The molecule has 0 spiro atoms. The molecule has 0 aromatic carbocycles. The molecular formula is C20H54. The van der Waals surface area contributed by atoms with Crippen molar-refractivity contribution in [2.24, 2.45) is 0 Å². The molecule has 0 aliphatic rings. The highest BCUT2D eigenvalue weighted by molar-refractivity contribution is 4.31. The molecular weight excluding hydrogens is 240 g/mol. The highest BCUT2D eigenvalue weighted by Gasteiger charge is 1.75. The average molecular weight is 295 g/mol. The minimum Gasteiger partial charge on any atom is -0.0683 e. The van der Waals surface area contributed by atoms with Gasteiger partial charge in [-0.3, -0.25) is 0 Å². The van der Waals surface area contributed by atoms with Gasteiger partial charge in [0.25, 0.3) is 0 Å². The lowest BCUT2D eigenvalue weighted by Crippen LogP contribution is -1.66. The van der Waals surface area contributed by atoms with Gasteiger partial charge in [0, 0.05) is 0 Å². The maximum atomic E-state index is 2.23. The summed E-state index contributed by atoms with van der Waals surface area (Å²) in [5.74, 6) is 0. The largest absolute Gasteiger partial charge is 0.0683 e. The van der Waals surface area contributed by atoms with Crippen LogP contribution in [0.2, 0.25) is 0 Å². The van der Waals surface area contributed by atoms with Crippen LogP contribution in [0.3, 0.4) is 0 Å². The summed E-state index contributed by atoms with van der Waals surface area (Å²) in [4.78, 5) is 0. The van der Waals surface area contributed by atoms with Gasteiger partial charge in [0.2, 0.25) is 0 Å². The Hall–Kier alpha value is 0. The van der Waals surface area contributed by atoms with Crippen LogP contribution < -0.4 is 0 Å². The summed E-state index contributed by atoms with van der Waals surface area (Å²) in [7, 11) is 0. The quantitative estimate of drug-likeness (QED) is 0.454. The number of unbranched alkanes of at least 4 members (excludes halogenated alkanes) is 3. The van der Waals surface area contributed by atoms with Gasteiger partial charge in [-0.25, -0.2) is 0 Å². The molecule has 0 rings (SSSR count). The fraction of sp³-hybridized carbons (Fsp3) is 1.00. The third-order valence-corrected chi connectivity index (χ3v) is 0.957. The summed E-state index contributed by atoms with van der Waals surface area (Å²) < 4.78 is 0. The molecule has 0 fully saturated rings. The Morgan fingerprint density at radius 2 is 0.450 bits per heavy atom. The zero-order valence-corrected chi connectivity index (χ0v) is 18.2. The van der Waals surface area contributed by atoms with E-state index in [0.29, 0.717) is 0 Å². The summed E-state index contributed by atoms with van der Waals surface area (Å²) in [5, 5.41) is 0. The fourth-order valence-electron chi connectivity index (χ4n) is 0.500. The summed E-state index contributed by atoms with van der Waals surface area (Å²) in [6.45, 7) is 29.0. The maximum absolute atomic E-state index is 2.23. The van der Waals surface area contributed by atoms with Crippen LogP contribution in [-0.2, 0) is 0 Å². The monoisotopic (exact) mass is 294 g/mol. The van der Waals surface area contributed by atoms with Crippen molar-refractivity contribution in [1.29, 1.82) is 0 Å². The Morgan fingerprint density at radius 1 is 0.350 bits per heavy atom. The third-order valence-electron chi connectivity index (χ3n) is 0.957. The Balaban J connectivity index is -0.0000000212. The van der Waals surface area contributed by atoms with Crippen LogP contribution in [0.4, 0.5) is 0 Å². The number of rotatable bonds is 3. The molecule has 0 nitrogen and oxygen atoms in total. The standard InChI is InChI=1S/C6H14.2C3H8.4C2H6/c1-3-5-6-4-2;2*1-3-2;4*1-2/h3-6H2,1-2H3;2*3H2,1-2H3;4*1-2H3. The van der Waals surface area contributed by atoms with Gasteiger partial charge in [-0.1, -0.05) is 135 Å². The maximum Gasteiger partial charge on any atom is -0.0536 e. The van der Waals surface area contributed by atoms with E-state index in [0.717, 1.165) is 0 Å². The molecule has 0 saturated heterocycles. The van der Waals surface area contributed by atoms with Crippen molar-refractivity contribution in [3.05, 3.63) is 0 Å². The van der Waals surface area contributed by atoms with Crippen LogP contribution in [0.1, 0.15) is 135 Å². The Bertz CT molecular complexity index is 25.0. The molecule has 0 aromatic rings. The summed E-state index contributed by atoms with van der Waals surface area (Å²) >= 11 is 0. The molecule has 0 bridgehead atoms. The number of hydrogen-bond donors (Lipinski definition) is 0. The van der Waals surface area contributed by atoms with E-state index in [4.69, 9.17) is 0 Å². The topological polar surface area (TPSA) is 0 Å². The second kappa shape index (κ2) is 171. The van der Waals surface area contributed by atoms with Crippen molar-refractivity contribution < 1.29 is 0 Å². The molecule has 0 heteroatoms. The van der Waals surface area contributed by atoms with Crippen LogP contribution in [0.25, 0.3) is 0 Å². The Kier molecular flexibility index (Phi) is 365. The van der Waals surface area contributed by atoms with Gasteiger partial charge in [-0.05, 0) is 0 Å². The van der Waals surface area contributed by atoms with Crippen molar-refractivity contribution in [2.45, 2.75) is 135 Å². The Morgan fingerprint density at radius 3 is 0.500 bits per heavy atom. The van der Waals surface area contributed by atoms with E-state index in [1.165, 1.54) is 38.5 Å². The van der Waals surface area contributed by atoms with Gasteiger partial charge in [0.05, 0.1) is 0 Å². The molecule has 0 N–H and O–H groups in total. The van der Waals surface area contributed by atoms with Crippen LogP contribution >= 0.6 is 0 Å². The van der Waals surface area contributed by atoms with Crippen LogP contribution in [0, 0.1) is 0 Å². The predicted molar refractivity (Wildman–Crippen MR) is 107 cm³/mol. The lowest BCUT2D eigenvalue weighted by atomic mass is 10.2. The van der Waals surface area contributed by atoms with Crippen molar-refractivity contribution in [3.8, 4) is 0 Å². The first-order chi connectivity index (χ1) is 9.74. The van der Waals surface area contributed by atoms with E-state index >= 15 is 0 Å². The minimum absolute atomic E-state index is 1.25. The van der Waals surface area contributed by atoms with Crippen LogP contribution in [0.5, 0.6) is 0 Å². The van der Waals surface area contributed by atoms with Gasteiger partial charge in [0.15, 0.2) is 0 Å². The van der Waals surface area contributed by atoms with E-state index in [1.54, 1.807) is 0 Å². The van der Waals surface area contributed by atoms with Gasteiger partial charge >= 0.3 is 0 Å². The summed E-state index contributed by atoms with van der Waals surface area (Å²) in [6.07, 6.45) is 8.04. The molecule has 0 radical (unpaired) electrons. The first-order valence-electron chi connectivity index (χ1n) is 9.74. The summed E-state index contributed by atoms with van der Waals surface area (Å²) in [6, 6.07) is 0. The fourth-order valence-corrected chi connectivity index (χ4v) is 0.500. The van der Waals surface area contributed by atoms with E-state index in [2.05, 4.69) is 41.5 Å². The smallest absolute Gasteiger partial charge is 0.0536 e. The zero-order chi connectivity index (χ0) is 18.2. The third kappa shape index (κ3) is 578. The number of hydrogen-bond acceptors (Lipinski definition) is 0. The molecule has 0 amide bonds. The second-order valence-corrected chi connectivity index (χ2v) is 3.12. The molecule has 0 aromatic heterocycles. The van der Waals surface area contributed by atoms with E-state index in [1.807, 2.05) is 55.4 Å². The first kappa shape index (κ1) is 42.7. The van der Waals surface area contributed by atoms with Crippen molar-refractivity contribution in [3.63, 3.8) is 0 Å². The average Bonchev–Trinajstić information content (AvgIpc) is 2.55. The van der Waals surface area contributed by atoms with Crippen molar-refractivity contribution in [1.82, 2.24) is 0 Å². The van der Waals surface area contributed by atoms with E-state index in [9.17, 15) is 0 Å². The molecule has 0 aliphatic heterocycles. The molecule has 0 atom stereocenters. The SMILES string of the molecule is CC.CC.CC.CC.CCC.CCC.CCCCCC. The summed E-state index contributed by atoms with van der Waals surface area (Å²) in [5.41, 5.74) is 0.